The molecule has 1 aliphatic rings. The van der Waals surface area contributed by atoms with Gasteiger partial charge in [0, 0.05) is 38.4 Å². The normalized spacial score (nSPS) is 14.6. The summed E-state index contributed by atoms with van der Waals surface area (Å²) in [5.74, 6) is -1.04. The van der Waals surface area contributed by atoms with E-state index in [-0.39, 0.29) is 16.4 Å². The molecule has 0 aliphatic carbocycles. The van der Waals surface area contributed by atoms with Crippen molar-refractivity contribution >= 4 is 52.4 Å². The number of nitrogens with zero attached hydrogens (tertiary/aromatic N) is 6. The quantitative estimate of drug-likeness (QED) is 0.399. The number of aromatic nitrogens is 4. The molecule has 1 saturated heterocycles. The molecule has 0 unspecified atom stereocenters. The Bertz CT molecular complexity index is 1400. The number of carbonyl (C=O) groups is 3. The van der Waals surface area contributed by atoms with Crippen LogP contribution < -0.4 is 21.3 Å². The van der Waals surface area contributed by atoms with Crippen molar-refractivity contribution in [2.75, 3.05) is 36.4 Å². The molecule has 1 fully saturated rings. The number of primary amides is 1. The number of urea groups is 1. The van der Waals surface area contributed by atoms with Crippen molar-refractivity contribution in [3.63, 3.8) is 0 Å². The van der Waals surface area contributed by atoms with Gasteiger partial charge in [0.1, 0.15) is 33.5 Å². The number of carbonyl (C=O) groups excluding carboxylic acids is 3. The maximum absolute atomic E-state index is 13.1. The van der Waals surface area contributed by atoms with Crippen molar-refractivity contribution in [2.24, 2.45) is 5.73 Å². The van der Waals surface area contributed by atoms with Gasteiger partial charge in [-0.25, -0.2) is 24.7 Å². The van der Waals surface area contributed by atoms with Gasteiger partial charge >= 0.3 is 12.2 Å². The summed E-state index contributed by atoms with van der Waals surface area (Å²) in [7, 11) is 0. The maximum atomic E-state index is 13.1. The molecule has 17 heteroatoms. The average Bonchev–Trinajstić information content (AvgIpc) is 3.40. The van der Waals surface area contributed by atoms with Crippen LogP contribution >= 0.6 is 22.9 Å². The van der Waals surface area contributed by atoms with Crippen LogP contribution in [-0.2, 0) is 6.18 Å². The smallest absolute Gasteiger partial charge is 0.353 e. The fourth-order valence-electron chi connectivity index (χ4n) is 3.63. The lowest BCUT2D eigenvalue weighted by molar-refractivity contribution is -0.137. The van der Waals surface area contributed by atoms with Gasteiger partial charge in [0.05, 0.1) is 22.8 Å². The second-order valence-corrected chi connectivity index (χ2v) is 9.80. The summed E-state index contributed by atoms with van der Waals surface area (Å²) in [5, 5.41) is 4.82. The largest absolute Gasteiger partial charge is 0.418 e. The number of halogens is 4. The van der Waals surface area contributed by atoms with E-state index < -0.39 is 40.6 Å². The number of thiazole rings is 1. The summed E-state index contributed by atoms with van der Waals surface area (Å²) >= 11 is 6.51. The Hall–Kier alpha value is -4.05. The van der Waals surface area contributed by atoms with Gasteiger partial charge < -0.3 is 26.2 Å². The SMILES string of the molecule is C[C@@H](NC(=O)c1cc(N2CCN(C(N)=O)CC2)ncn1)c1ncc(C(=O)Nc2cc(C(F)(F)F)c(Cl)cn2)s1. The highest BCUT2D eigenvalue weighted by Crippen LogP contribution is 2.35. The molecule has 3 aromatic rings. The molecule has 1 aliphatic heterocycles. The van der Waals surface area contributed by atoms with Gasteiger partial charge in [-0.2, -0.15) is 13.2 Å². The zero-order chi connectivity index (χ0) is 28.3. The lowest BCUT2D eigenvalue weighted by atomic mass is 10.2. The van der Waals surface area contributed by atoms with E-state index in [0.29, 0.717) is 43.1 Å². The van der Waals surface area contributed by atoms with Crippen LogP contribution in [-0.4, -0.2) is 68.9 Å². The lowest BCUT2D eigenvalue weighted by Gasteiger charge is -2.34. The number of rotatable bonds is 6. The minimum Gasteiger partial charge on any atom is -0.353 e. The predicted octanol–water partition coefficient (Wildman–Crippen LogP) is 2.94. The third kappa shape index (κ3) is 6.69. The van der Waals surface area contributed by atoms with E-state index >= 15 is 0 Å². The number of hydrogen-bond acceptors (Lipinski definition) is 9. The molecule has 1 atom stereocenters. The Morgan fingerprint density at radius 1 is 1.05 bits per heavy atom. The number of alkyl halides is 3. The molecule has 12 nitrogen and oxygen atoms in total. The van der Waals surface area contributed by atoms with Crippen LogP contribution in [0.3, 0.4) is 0 Å². The fraction of sp³-hybridized carbons (Fsp3) is 0.318. The summed E-state index contributed by atoms with van der Waals surface area (Å²) < 4.78 is 39.2. The van der Waals surface area contributed by atoms with Crippen molar-refractivity contribution in [2.45, 2.75) is 19.1 Å². The first-order valence-corrected chi connectivity index (χ1v) is 12.5. The summed E-state index contributed by atoms with van der Waals surface area (Å²) in [6, 6.07) is 1.05. The first-order valence-electron chi connectivity index (χ1n) is 11.3. The molecule has 4 rings (SSSR count). The maximum Gasteiger partial charge on any atom is 0.418 e. The summed E-state index contributed by atoms with van der Waals surface area (Å²) in [4.78, 5) is 56.3. The van der Waals surface area contributed by atoms with Crippen LogP contribution in [0.15, 0.2) is 30.9 Å². The predicted molar refractivity (Wildman–Crippen MR) is 136 cm³/mol. The third-order valence-electron chi connectivity index (χ3n) is 5.67. The number of hydrogen-bond donors (Lipinski definition) is 3. The second kappa shape index (κ2) is 11.4. The minimum absolute atomic E-state index is 0.0934. The standard InChI is InChI=1S/C22H21ClF3N9O3S/c1-11(32-18(36)14-7-17(31-10-30-14)34-2-4-35(5-3-34)21(27)38)20-29-9-15(39-20)19(37)33-16-6-12(22(24,25)26)13(23)8-28-16/h6-11H,2-5H2,1H3,(H2,27,38)(H,32,36)(H,28,33,37)/t11-/m1/s1. The van der Waals surface area contributed by atoms with E-state index in [1.54, 1.807) is 6.92 Å². The first-order chi connectivity index (χ1) is 18.4. The number of anilines is 2. The lowest BCUT2D eigenvalue weighted by Crippen LogP contribution is -2.50. The molecule has 3 aromatic heterocycles. The third-order valence-corrected chi connectivity index (χ3v) is 7.15. The Morgan fingerprint density at radius 2 is 1.77 bits per heavy atom. The fourth-order valence-corrected chi connectivity index (χ4v) is 4.65. The van der Waals surface area contributed by atoms with E-state index in [1.807, 2.05) is 4.90 Å². The molecule has 0 spiro atoms. The Kier molecular flexibility index (Phi) is 8.15. The van der Waals surface area contributed by atoms with Gasteiger partial charge in [-0.15, -0.1) is 11.3 Å². The van der Waals surface area contributed by atoms with Crippen molar-refractivity contribution in [1.82, 2.24) is 30.2 Å². The van der Waals surface area contributed by atoms with Gasteiger partial charge in [-0.3, -0.25) is 9.59 Å². The van der Waals surface area contributed by atoms with Gasteiger partial charge in [-0.05, 0) is 13.0 Å². The molecule has 4 heterocycles. The highest BCUT2D eigenvalue weighted by molar-refractivity contribution is 7.13. The molecular weight excluding hydrogens is 563 g/mol. The summed E-state index contributed by atoms with van der Waals surface area (Å²) in [5.41, 5.74) is 4.28. The summed E-state index contributed by atoms with van der Waals surface area (Å²) in [6.45, 7) is 3.49. The van der Waals surface area contributed by atoms with E-state index in [1.165, 1.54) is 23.5 Å². The number of nitrogens with two attached hydrogens (primary N) is 1. The molecule has 0 bridgehead atoms. The van der Waals surface area contributed by atoms with Crippen LogP contribution in [0.2, 0.25) is 5.02 Å². The van der Waals surface area contributed by atoms with E-state index in [9.17, 15) is 27.6 Å². The van der Waals surface area contributed by atoms with Gasteiger partial charge in [0.2, 0.25) is 0 Å². The van der Waals surface area contributed by atoms with Crippen LogP contribution in [0.5, 0.6) is 0 Å². The number of amides is 4. The van der Waals surface area contributed by atoms with Crippen molar-refractivity contribution in [1.29, 1.82) is 0 Å². The average molecular weight is 584 g/mol. The van der Waals surface area contributed by atoms with E-state index in [2.05, 4.69) is 30.6 Å². The van der Waals surface area contributed by atoms with Crippen LogP contribution in [0.25, 0.3) is 0 Å². The number of nitrogens with one attached hydrogen (secondary N) is 2. The molecule has 4 amide bonds. The van der Waals surface area contributed by atoms with Gasteiger partial charge in [0.15, 0.2) is 0 Å². The topological polar surface area (TPSA) is 159 Å². The van der Waals surface area contributed by atoms with Crippen molar-refractivity contribution in [3.05, 3.63) is 57.0 Å². The Morgan fingerprint density at radius 3 is 2.44 bits per heavy atom. The molecule has 39 heavy (non-hydrogen) atoms. The van der Waals surface area contributed by atoms with Crippen LogP contribution in [0.1, 0.15) is 43.7 Å². The zero-order valence-corrected chi connectivity index (χ0v) is 21.8. The van der Waals surface area contributed by atoms with Gasteiger partial charge in [-0.1, -0.05) is 11.6 Å². The molecular formula is C22H21ClF3N9O3S. The summed E-state index contributed by atoms with van der Waals surface area (Å²) in [6.07, 6.45) is -1.41. The monoisotopic (exact) mass is 583 g/mol. The molecule has 0 radical (unpaired) electrons. The first kappa shape index (κ1) is 28.0. The van der Waals surface area contributed by atoms with Crippen LogP contribution in [0, 0.1) is 0 Å². The molecule has 0 saturated carbocycles. The Balaban J connectivity index is 1.38. The highest BCUT2D eigenvalue weighted by atomic mass is 35.5. The zero-order valence-electron chi connectivity index (χ0n) is 20.2. The number of piperazine rings is 1. The molecule has 206 valence electrons. The van der Waals surface area contributed by atoms with Gasteiger partial charge in [0.25, 0.3) is 11.8 Å². The van der Waals surface area contributed by atoms with E-state index in [0.717, 1.165) is 17.5 Å². The van der Waals surface area contributed by atoms with E-state index in [4.69, 9.17) is 17.3 Å². The number of pyridine rings is 1. The van der Waals surface area contributed by atoms with Crippen molar-refractivity contribution in [3.8, 4) is 0 Å². The van der Waals surface area contributed by atoms with Crippen LogP contribution in [0.4, 0.5) is 29.6 Å². The minimum atomic E-state index is -4.71. The molecule has 0 aromatic carbocycles. The Labute approximate surface area is 228 Å². The highest BCUT2D eigenvalue weighted by Gasteiger charge is 2.34. The second-order valence-electron chi connectivity index (χ2n) is 8.33. The molecule has 4 N–H and O–H groups in total. The van der Waals surface area contributed by atoms with Crippen molar-refractivity contribution < 1.29 is 27.6 Å².